The summed E-state index contributed by atoms with van der Waals surface area (Å²) in [5.74, 6) is 0.364. The van der Waals surface area contributed by atoms with Crippen LogP contribution in [0.15, 0.2) is 71.3 Å². The van der Waals surface area contributed by atoms with E-state index in [1.807, 2.05) is 30.3 Å². The van der Waals surface area contributed by atoms with Crippen molar-refractivity contribution in [2.24, 2.45) is 0 Å². The highest BCUT2D eigenvalue weighted by Crippen LogP contribution is 2.18. The van der Waals surface area contributed by atoms with E-state index in [1.165, 1.54) is 6.20 Å². The fourth-order valence-electron chi connectivity index (χ4n) is 2.15. The van der Waals surface area contributed by atoms with E-state index in [1.54, 1.807) is 36.4 Å². The first kappa shape index (κ1) is 16.7. The van der Waals surface area contributed by atoms with E-state index >= 15 is 0 Å². The second-order valence-corrected chi connectivity index (χ2v) is 6.13. The van der Waals surface area contributed by atoms with Gasteiger partial charge in [-0.3, -0.25) is 4.79 Å². The number of carbonyl (C=O) groups is 1. The number of nitrogens with zero attached hydrogens (tertiary/aromatic N) is 2. The van der Waals surface area contributed by atoms with Gasteiger partial charge in [0.2, 0.25) is 0 Å². The molecule has 3 aromatic rings. The summed E-state index contributed by atoms with van der Waals surface area (Å²) < 4.78 is 0.999. The Morgan fingerprint density at radius 1 is 1.04 bits per heavy atom. The van der Waals surface area contributed by atoms with Crippen molar-refractivity contribution >= 4 is 39.0 Å². The topological polar surface area (TPSA) is 77.8 Å². The van der Waals surface area contributed by atoms with E-state index in [0.29, 0.717) is 22.6 Å². The van der Waals surface area contributed by atoms with Gasteiger partial charge in [-0.2, -0.15) is 5.26 Å². The van der Waals surface area contributed by atoms with Crippen molar-refractivity contribution in [2.75, 3.05) is 10.6 Å². The zero-order valence-electron chi connectivity index (χ0n) is 13.0. The number of pyridine rings is 1. The Morgan fingerprint density at radius 3 is 2.52 bits per heavy atom. The van der Waals surface area contributed by atoms with Crippen molar-refractivity contribution in [1.29, 1.82) is 5.26 Å². The average Bonchev–Trinajstić information content (AvgIpc) is 2.64. The number of anilines is 3. The minimum Gasteiger partial charge on any atom is -0.340 e. The first-order valence-corrected chi connectivity index (χ1v) is 8.23. The monoisotopic (exact) mass is 392 g/mol. The van der Waals surface area contributed by atoms with Gasteiger partial charge in [-0.15, -0.1) is 0 Å². The van der Waals surface area contributed by atoms with E-state index < -0.39 is 0 Å². The number of nitrogens with one attached hydrogen (secondary N) is 2. The highest BCUT2D eigenvalue weighted by atomic mass is 79.9. The minimum atomic E-state index is -0.280. The molecule has 0 aliphatic heterocycles. The minimum absolute atomic E-state index is 0.280. The molecule has 0 radical (unpaired) electrons. The zero-order chi connectivity index (χ0) is 17.6. The van der Waals surface area contributed by atoms with E-state index in [2.05, 4.69) is 31.5 Å². The Bertz CT molecular complexity index is 931. The quantitative estimate of drug-likeness (QED) is 0.673. The number of hydrogen-bond acceptors (Lipinski definition) is 4. The molecule has 0 spiro atoms. The van der Waals surface area contributed by atoms with Gasteiger partial charge >= 0.3 is 0 Å². The maximum absolute atomic E-state index is 12.3. The van der Waals surface area contributed by atoms with Crippen LogP contribution in [0.4, 0.5) is 17.2 Å². The van der Waals surface area contributed by atoms with Crippen LogP contribution in [0.25, 0.3) is 0 Å². The second kappa shape index (κ2) is 7.60. The van der Waals surface area contributed by atoms with Crippen LogP contribution in [0, 0.1) is 11.3 Å². The molecule has 122 valence electrons. The smallest absolute Gasteiger partial charge is 0.257 e. The standard InChI is InChI=1S/C19H13BrN4O/c20-15-5-7-16(8-6-15)23-18-9-4-14(12-22-18)19(25)24-17-3-1-2-13(10-17)11-21/h1-10,12H,(H,22,23)(H,24,25). The summed E-state index contributed by atoms with van der Waals surface area (Å²) in [6.45, 7) is 0. The lowest BCUT2D eigenvalue weighted by Crippen LogP contribution is -2.12. The Kier molecular flexibility index (Phi) is 5.07. The molecular weight excluding hydrogens is 380 g/mol. The van der Waals surface area contributed by atoms with Gasteiger partial charge in [0.15, 0.2) is 0 Å². The number of halogens is 1. The van der Waals surface area contributed by atoms with Crippen LogP contribution in [0.2, 0.25) is 0 Å². The number of hydrogen-bond donors (Lipinski definition) is 2. The van der Waals surface area contributed by atoms with Gasteiger partial charge < -0.3 is 10.6 Å². The molecule has 3 rings (SSSR count). The molecule has 0 saturated carbocycles. The molecule has 0 atom stereocenters. The third-order valence-corrected chi connectivity index (χ3v) is 3.92. The van der Waals surface area contributed by atoms with Crippen LogP contribution in [-0.4, -0.2) is 10.9 Å². The molecule has 1 amide bonds. The summed E-state index contributed by atoms with van der Waals surface area (Å²) in [5, 5.41) is 14.8. The van der Waals surface area contributed by atoms with Crippen LogP contribution in [-0.2, 0) is 0 Å². The molecule has 1 aromatic heterocycles. The number of rotatable bonds is 4. The van der Waals surface area contributed by atoms with Crippen LogP contribution in [0.5, 0.6) is 0 Å². The first-order chi connectivity index (χ1) is 12.1. The van der Waals surface area contributed by atoms with Crippen molar-refractivity contribution in [3.8, 4) is 6.07 Å². The van der Waals surface area contributed by atoms with Gasteiger partial charge in [0, 0.05) is 22.0 Å². The Balaban J connectivity index is 1.68. The Hall–Kier alpha value is -3.17. The molecule has 25 heavy (non-hydrogen) atoms. The molecule has 2 aromatic carbocycles. The summed E-state index contributed by atoms with van der Waals surface area (Å²) in [4.78, 5) is 16.5. The van der Waals surface area contributed by atoms with Crippen molar-refractivity contribution in [1.82, 2.24) is 4.98 Å². The van der Waals surface area contributed by atoms with Crippen LogP contribution in [0.3, 0.4) is 0 Å². The SMILES string of the molecule is N#Cc1cccc(NC(=O)c2ccc(Nc3ccc(Br)cc3)nc2)c1. The largest absolute Gasteiger partial charge is 0.340 e. The van der Waals surface area contributed by atoms with Gasteiger partial charge in [-0.1, -0.05) is 22.0 Å². The summed E-state index contributed by atoms with van der Waals surface area (Å²) in [5.41, 5.74) is 2.40. The number of carbonyl (C=O) groups excluding carboxylic acids is 1. The molecule has 5 nitrogen and oxygen atoms in total. The lowest BCUT2D eigenvalue weighted by atomic mass is 10.2. The maximum atomic E-state index is 12.3. The predicted molar refractivity (Wildman–Crippen MR) is 101 cm³/mol. The summed E-state index contributed by atoms with van der Waals surface area (Å²) in [6.07, 6.45) is 1.50. The van der Waals surface area contributed by atoms with Crippen LogP contribution < -0.4 is 10.6 Å². The van der Waals surface area contributed by atoms with Crippen molar-refractivity contribution in [2.45, 2.75) is 0 Å². The van der Waals surface area contributed by atoms with E-state index in [9.17, 15) is 4.79 Å². The molecule has 0 aliphatic carbocycles. The third-order valence-electron chi connectivity index (χ3n) is 3.39. The number of amides is 1. The normalized spacial score (nSPS) is 9.92. The number of aromatic nitrogens is 1. The van der Waals surface area contributed by atoms with Crippen LogP contribution >= 0.6 is 15.9 Å². The highest BCUT2D eigenvalue weighted by Gasteiger charge is 2.07. The van der Waals surface area contributed by atoms with E-state index in [0.717, 1.165) is 10.2 Å². The molecule has 0 aliphatic rings. The van der Waals surface area contributed by atoms with Crippen LogP contribution in [0.1, 0.15) is 15.9 Å². The molecule has 0 fully saturated rings. The van der Waals surface area contributed by atoms with Gasteiger partial charge in [-0.25, -0.2) is 4.98 Å². The fourth-order valence-corrected chi connectivity index (χ4v) is 2.42. The Labute approximate surface area is 153 Å². The molecule has 1 heterocycles. The summed E-state index contributed by atoms with van der Waals surface area (Å²) in [6, 6.07) is 19.9. The molecular formula is C19H13BrN4O. The average molecular weight is 393 g/mol. The molecule has 0 unspecified atom stereocenters. The first-order valence-electron chi connectivity index (χ1n) is 7.44. The lowest BCUT2D eigenvalue weighted by molar-refractivity contribution is 0.102. The van der Waals surface area contributed by atoms with Gasteiger partial charge in [-0.05, 0) is 54.6 Å². The molecule has 0 saturated heterocycles. The molecule has 2 N–H and O–H groups in total. The lowest BCUT2D eigenvalue weighted by Gasteiger charge is -2.08. The zero-order valence-corrected chi connectivity index (χ0v) is 14.6. The van der Waals surface area contributed by atoms with Gasteiger partial charge in [0.1, 0.15) is 5.82 Å². The Morgan fingerprint density at radius 2 is 1.84 bits per heavy atom. The van der Waals surface area contributed by atoms with E-state index in [4.69, 9.17) is 5.26 Å². The molecule has 6 heteroatoms. The fraction of sp³-hybridized carbons (Fsp3) is 0. The van der Waals surface area contributed by atoms with Crippen molar-refractivity contribution in [3.05, 3.63) is 82.5 Å². The highest BCUT2D eigenvalue weighted by molar-refractivity contribution is 9.10. The second-order valence-electron chi connectivity index (χ2n) is 5.21. The summed E-state index contributed by atoms with van der Waals surface area (Å²) >= 11 is 3.39. The van der Waals surface area contributed by atoms with Gasteiger partial charge in [0.05, 0.1) is 17.2 Å². The number of benzene rings is 2. The number of nitriles is 1. The summed E-state index contributed by atoms with van der Waals surface area (Å²) in [7, 11) is 0. The van der Waals surface area contributed by atoms with Gasteiger partial charge in [0.25, 0.3) is 5.91 Å². The predicted octanol–water partition coefficient (Wildman–Crippen LogP) is 4.71. The van der Waals surface area contributed by atoms with Crippen molar-refractivity contribution < 1.29 is 4.79 Å². The maximum Gasteiger partial charge on any atom is 0.257 e. The molecule has 0 bridgehead atoms. The van der Waals surface area contributed by atoms with Crippen molar-refractivity contribution in [3.63, 3.8) is 0 Å². The van der Waals surface area contributed by atoms with E-state index in [-0.39, 0.29) is 5.91 Å². The third kappa shape index (κ3) is 4.43.